The highest BCUT2D eigenvalue weighted by atomic mass is 14.4. The van der Waals surface area contributed by atoms with Crippen LogP contribution in [0.15, 0.2) is 182 Å². The second kappa shape index (κ2) is 11.2. The van der Waals surface area contributed by atoms with E-state index in [1.54, 1.807) is 0 Å². The summed E-state index contributed by atoms with van der Waals surface area (Å²) in [7, 11) is 0. The lowest BCUT2D eigenvalue weighted by Gasteiger charge is -2.24. The number of hydrogen-bond acceptors (Lipinski definition) is 0. The molecule has 11 rings (SSSR count). The first-order valence-electron chi connectivity index (χ1n) is 18.7. The van der Waals surface area contributed by atoms with Crippen LogP contribution in [-0.2, 0) is 5.41 Å². The predicted molar refractivity (Wildman–Crippen MR) is 228 cm³/mol. The lowest BCUT2D eigenvalue weighted by atomic mass is 9.78. The summed E-state index contributed by atoms with van der Waals surface area (Å²) in [5, 5.41) is 12.8. The topological polar surface area (TPSA) is 0 Å². The van der Waals surface area contributed by atoms with Gasteiger partial charge in [-0.3, -0.25) is 0 Å². The summed E-state index contributed by atoms with van der Waals surface area (Å²) in [6.07, 6.45) is 0. The van der Waals surface area contributed by atoms with E-state index >= 15 is 0 Å². The van der Waals surface area contributed by atoms with Gasteiger partial charge < -0.3 is 0 Å². The Hall–Kier alpha value is -6.50. The third-order valence-electron chi connectivity index (χ3n) is 12.0. The van der Waals surface area contributed by atoms with Gasteiger partial charge in [-0.15, -0.1) is 0 Å². The van der Waals surface area contributed by atoms with E-state index in [1.807, 2.05) is 0 Å². The van der Waals surface area contributed by atoms with Gasteiger partial charge >= 0.3 is 0 Å². The fraction of sp³-hybridized carbons (Fsp3) is 0.0566. The molecule has 0 saturated carbocycles. The molecule has 10 aromatic carbocycles. The van der Waals surface area contributed by atoms with Crippen molar-refractivity contribution in [2.75, 3.05) is 0 Å². The van der Waals surface area contributed by atoms with Crippen molar-refractivity contribution in [2.45, 2.75) is 19.3 Å². The number of hydrogen-bond donors (Lipinski definition) is 0. The van der Waals surface area contributed by atoms with Gasteiger partial charge in [-0.1, -0.05) is 178 Å². The van der Waals surface area contributed by atoms with E-state index in [9.17, 15) is 0 Å². The third-order valence-corrected chi connectivity index (χ3v) is 12.0. The Morgan fingerprint density at radius 1 is 0.283 bits per heavy atom. The van der Waals surface area contributed by atoms with E-state index in [2.05, 4.69) is 196 Å². The summed E-state index contributed by atoms with van der Waals surface area (Å²) in [5.74, 6) is 0. The third kappa shape index (κ3) is 4.30. The monoisotopic (exact) mass is 672 g/mol. The smallest absolute Gasteiger partial charge is 0.0159 e. The summed E-state index contributed by atoms with van der Waals surface area (Å²) in [6.45, 7) is 4.79. The first-order valence-corrected chi connectivity index (χ1v) is 18.7. The van der Waals surface area contributed by atoms with Gasteiger partial charge in [0.1, 0.15) is 0 Å². The Morgan fingerprint density at radius 3 is 1.49 bits per heavy atom. The summed E-state index contributed by atoms with van der Waals surface area (Å²) in [4.78, 5) is 0. The van der Waals surface area contributed by atoms with Gasteiger partial charge in [0, 0.05) is 5.41 Å². The van der Waals surface area contributed by atoms with Crippen LogP contribution in [0.2, 0.25) is 0 Å². The molecule has 0 unspecified atom stereocenters. The Kier molecular flexibility index (Phi) is 6.40. The van der Waals surface area contributed by atoms with E-state index in [-0.39, 0.29) is 5.41 Å². The Labute approximate surface area is 309 Å². The molecule has 0 atom stereocenters. The van der Waals surface area contributed by atoms with E-state index in [4.69, 9.17) is 0 Å². The molecule has 0 radical (unpaired) electrons. The minimum atomic E-state index is -0.132. The second-order valence-corrected chi connectivity index (χ2v) is 15.2. The standard InChI is InChI=1S/C53H36/c1-53(2)47-27-15-14-26-44(47)52-40-23-11-10-22-39(40)46(32-48(52)53)51-42-25-13-12-24-41(42)49(33-16-4-3-5-17-33)43-29-28-36(31-45(43)51)50-37-20-8-6-18-34(37)30-35-19-7-9-21-38(35)50/h3-32H,1-2H3. The van der Waals surface area contributed by atoms with Gasteiger partial charge in [0.25, 0.3) is 0 Å². The molecule has 0 spiro atoms. The van der Waals surface area contributed by atoms with Crippen molar-refractivity contribution in [2.24, 2.45) is 0 Å². The predicted octanol–water partition coefficient (Wildman–Crippen LogP) is 14.8. The molecule has 0 nitrogen and oxygen atoms in total. The molecule has 1 aliphatic carbocycles. The first-order chi connectivity index (χ1) is 26.1. The Morgan fingerprint density at radius 2 is 0.792 bits per heavy atom. The van der Waals surface area contributed by atoms with Gasteiger partial charge in [0.2, 0.25) is 0 Å². The van der Waals surface area contributed by atoms with Crippen LogP contribution >= 0.6 is 0 Å². The maximum absolute atomic E-state index is 2.54. The van der Waals surface area contributed by atoms with E-state index < -0.39 is 0 Å². The maximum atomic E-state index is 2.54. The molecule has 0 amide bonds. The van der Waals surface area contributed by atoms with Crippen LogP contribution in [0.4, 0.5) is 0 Å². The summed E-state index contributed by atoms with van der Waals surface area (Å²) in [5.41, 5.74) is 13.0. The van der Waals surface area contributed by atoms with Crippen LogP contribution in [0, 0.1) is 0 Å². The maximum Gasteiger partial charge on any atom is 0.0159 e. The fourth-order valence-electron chi connectivity index (χ4n) is 9.62. The molecule has 1 aliphatic rings. The highest BCUT2D eigenvalue weighted by Gasteiger charge is 2.37. The lowest BCUT2D eigenvalue weighted by Crippen LogP contribution is -2.15. The Balaban J connectivity index is 1.33. The highest BCUT2D eigenvalue weighted by Crippen LogP contribution is 2.55. The zero-order chi connectivity index (χ0) is 35.3. The number of rotatable bonds is 3. The van der Waals surface area contributed by atoms with Gasteiger partial charge in [0.15, 0.2) is 0 Å². The number of fused-ring (bicyclic) bond motifs is 9. The average Bonchev–Trinajstić information content (AvgIpc) is 3.44. The van der Waals surface area contributed by atoms with Crippen molar-refractivity contribution >= 4 is 53.9 Å². The molecule has 0 aliphatic heterocycles. The van der Waals surface area contributed by atoms with E-state index in [0.717, 1.165) is 0 Å². The lowest BCUT2D eigenvalue weighted by molar-refractivity contribution is 0.661. The normalized spacial score (nSPS) is 13.2. The molecule has 0 heteroatoms. The average molecular weight is 673 g/mol. The molecule has 0 fully saturated rings. The molecule has 53 heavy (non-hydrogen) atoms. The van der Waals surface area contributed by atoms with Crippen LogP contribution in [0.25, 0.3) is 98.4 Å². The van der Waals surface area contributed by atoms with Crippen LogP contribution in [0.1, 0.15) is 25.0 Å². The highest BCUT2D eigenvalue weighted by molar-refractivity contribution is 6.26. The quantitative estimate of drug-likeness (QED) is 0.164. The molecular weight excluding hydrogens is 637 g/mol. The molecule has 0 bridgehead atoms. The van der Waals surface area contributed by atoms with Crippen LogP contribution < -0.4 is 0 Å². The van der Waals surface area contributed by atoms with E-state index in [1.165, 1.54) is 109 Å². The molecular formula is C53H36. The molecule has 248 valence electrons. The van der Waals surface area contributed by atoms with Crippen molar-refractivity contribution in [3.05, 3.63) is 193 Å². The van der Waals surface area contributed by atoms with Crippen LogP contribution in [0.3, 0.4) is 0 Å². The molecule has 0 aromatic heterocycles. The molecule has 0 saturated heterocycles. The van der Waals surface area contributed by atoms with Crippen molar-refractivity contribution < 1.29 is 0 Å². The van der Waals surface area contributed by atoms with Gasteiger partial charge in [0.05, 0.1) is 0 Å². The van der Waals surface area contributed by atoms with Crippen LogP contribution in [-0.4, -0.2) is 0 Å². The zero-order valence-electron chi connectivity index (χ0n) is 29.8. The fourth-order valence-corrected chi connectivity index (χ4v) is 9.62. The summed E-state index contributed by atoms with van der Waals surface area (Å²) >= 11 is 0. The van der Waals surface area contributed by atoms with Gasteiger partial charge in [-0.05, 0) is 128 Å². The molecule has 10 aromatic rings. The van der Waals surface area contributed by atoms with E-state index in [0.29, 0.717) is 0 Å². The largest absolute Gasteiger partial charge is 0.0622 e. The minimum Gasteiger partial charge on any atom is -0.0622 e. The molecule has 0 N–H and O–H groups in total. The molecule has 0 heterocycles. The first kappa shape index (κ1) is 30.2. The summed E-state index contributed by atoms with van der Waals surface area (Å²) in [6, 6.07) is 68.0. The van der Waals surface area contributed by atoms with Crippen LogP contribution in [0.5, 0.6) is 0 Å². The van der Waals surface area contributed by atoms with Gasteiger partial charge in [-0.2, -0.15) is 0 Å². The second-order valence-electron chi connectivity index (χ2n) is 15.2. The number of benzene rings is 10. The van der Waals surface area contributed by atoms with Crippen molar-refractivity contribution in [1.82, 2.24) is 0 Å². The summed E-state index contributed by atoms with van der Waals surface area (Å²) < 4.78 is 0. The SMILES string of the molecule is CC1(C)c2ccccc2-c2c1cc(-c1c3ccccc3c(-c3ccccc3)c3ccc(-c4c5ccccc5cc5ccccc45)cc13)c1ccccc21. The van der Waals surface area contributed by atoms with Crippen molar-refractivity contribution in [3.8, 4) is 44.5 Å². The van der Waals surface area contributed by atoms with Crippen molar-refractivity contribution in [3.63, 3.8) is 0 Å². The Bertz CT molecular complexity index is 3070. The van der Waals surface area contributed by atoms with Crippen molar-refractivity contribution in [1.29, 1.82) is 0 Å². The zero-order valence-corrected chi connectivity index (χ0v) is 29.8. The minimum absolute atomic E-state index is 0.132. The van der Waals surface area contributed by atoms with Gasteiger partial charge in [-0.25, -0.2) is 0 Å².